The van der Waals surface area contributed by atoms with Gasteiger partial charge in [0.25, 0.3) is 0 Å². The summed E-state index contributed by atoms with van der Waals surface area (Å²) in [5.74, 6) is -0.121. The van der Waals surface area contributed by atoms with Crippen molar-refractivity contribution in [3.63, 3.8) is 0 Å². The smallest absolute Gasteiger partial charge is 0.343 e. The van der Waals surface area contributed by atoms with Crippen LogP contribution < -0.4 is 15.9 Å². The highest BCUT2D eigenvalue weighted by atomic mass is 35.5. The Labute approximate surface area is 131 Å². The van der Waals surface area contributed by atoms with Gasteiger partial charge in [-0.25, -0.2) is 15.0 Å². The van der Waals surface area contributed by atoms with E-state index in [0.29, 0.717) is 21.9 Å². The zero-order valence-electron chi connectivity index (χ0n) is 11.3. The molecule has 0 atom stereocenters. The Hall–Kier alpha value is -2.86. The molecule has 2 amide bonds. The molecule has 2 aromatic carbocycles. The Morgan fingerprint density at radius 3 is 2.55 bits per heavy atom. The number of carbonyl (C=O) groups is 2. The predicted octanol–water partition coefficient (Wildman–Crippen LogP) is 2.56. The van der Waals surface area contributed by atoms with Crippen LogP contribution in [0.1, 0.15) is 15.9 Å². The molecular weight excluding hydrogens is 306 g/mol. The molecule has 0 bridgehead atoms. The van der Waals surface area contributed by atoms with E-state index in [2.05, 4.69) is 10.5 Å². The average molecular weight is 318 g/mol. The minimum absolute atomic E-state index is 0.365. The summed E-state index contributed by atoms with van der Waals surface area (Å²) in [4.78, 5) is 22.4. The third-order valence-corrected chi connectivity index (χ3v) is 2.77. The van der Waals surface area contributed by atoms with Gasteiger partial charge >= 0.3 is 12.0 Å². The largest absolute Gasteiger partial charge is 0.423 e. The fourth-order valence-corrected chi connectivity index (χ4v) is 1.76. The lowest BCUT2D eigenvalue weighted by molar-refractivity contribution is 0.0734. The van der Waals surface area contributed by atoms with E-state index in [0.717, 1.165) is 0 Å². The van der Waals surface area contributed by atoms with E-state index >= 15 is 0 Å². The van der Waals surface area contributed by atoms with Crippen LogP contribution in [-0.2, 0) is 0 Å². The molecule has 0 aromatic heterocycles. The minimum atomic E-state index is -0.747. The molecule has 0 aliphatic heterocycles. The first kappa shape index (κ1) is 15.5. The average Bonchev–Trinajstić information content (AvgIpc) is 2.48. The fraction of sp³-hybridized carbons (Fsp3) is 0. The van der Waals surface area contributed by atoms with Crippen LogP contribution in [0.15, 0.2) is 53.6 Å². The number of primary amides is 1. The molecule has 0 aliphatic rings. The highest BCUT2D eigenvalue weighted by Gasteiger charge is 2.08. The van der Waals surface area contributed by atoms with Crippen molar-refractivity contribution in [3.8, 4) is 5.75 Å². The summed E-state index contributed by atoms with van der Waals surface area (Å²) >= 11 is 5.82. The Balaban J connectivity index is 2.00. The van der Waals surface area contributed by atoms with Crippen LogP contribution in [0.2, 0.25) is 5.02 Å². The number of nitrogens with two attached hydrogens (primary N) is 1. The van der Waals surface area contributed by atoms with E-state index in [9.17, 15) is 9.59 Å². The van der Waals surface area contributed by atoms with Crippen LogP contribution in [0.3, 0.4) is 0 Å². The van der Waals surface area contributed by atoms with Crippen LogP contribution in [0.25, 0.3) is 0 Å². The maximum atomic E-state index is 11.9. The van der Waals surface area contributed by atoms with Gasteiger partial charge in [0.2, 0.25) is 0 Å². The number of esters is 1. The van der Waals surface area contributed by atoms with Crippen molar-refractivity contribution >= 4 is 29.8 Å². The summed E-state index contributed by atoms with van der Waals surface area (Å²) in [6, 6.07) is 12.3. The first-order valence-corrected chi connectivity index (χ1v) is 6.59. The molecule has 2 rings (SSSR count). The van der Waals surface area contributed by atoms with Gasteiger partial charge in [-0.1, -0.05) is 17.7 Å². The van der Waals surface area contributed by atoms with Crippen molar-refractivity contribution in [1.29, 1.82) is 0 Å². The van der Waals surface area contributed by atoms with Crippen LogP contribution in [-0.4, -0.2) is 18.2 Å². The second-order valence-corrected chi connectivity index (χ2v) is 4.64. The van der Waals surface area contributed by atoms with Gasteiger partial charge in [0.05, 0.1) is 11.8 Å². The van der Waals surface area contributed by atoms with Crippen LogP contribution in [0.5, 0.6) is 5.75 Å². The van der Waals surface area contributed by atoms with Gasteiger partial charge in [-0.05, 0) is 48.0 Å². The summed E-state index contributed by atoms with van der Waals surface area (Å²) in [7, 11) is 0. The van der Waals surface area contributed by atoms with Gasteiger partial charge < -0.3 is 10.5 Å². The summed E-state index contributed by atoms with van der Waals surface area (Å²) < 4.78 is 5.22. The van der Waals surface area contributed by atoms with Crippen molar-refractivity contribution in [1.82, 2.24) is 5.43 Å². The van der Waals surface area contributed by atoms with Crippen molar-refractivity contribution in [2.24, 2.45) is 10.8 Å². The van der Waals surface area contributed by atoms with E-state index in [-0.39, 0.29) is 0 Å². The zero-order chi connectivity index (χ0) is 15.9. The van der Waals surface area contributed by atoms with Crippen LogP contribution in [0.4, 0.5) is 4.79 Å². The Kier molecular flexibility index (Phi) is 5.11. The summed E-state index contributed by atoms with van der Waals surface area (Å²) in [5.41, 5.74) is 8.02. The zero-order valence-corrected chi connectivity index (χ0v) is 12.1. The van der Waals surface area contributed by atoms with Crippen LogP contribution >= 0.6 is 11.6 Å². The van der Waals surface area contributed by atoms with Crippen molar-refractivity contribution in [2.45, 2.75) is 0 Å². The monoisotopic (exact) mass is 317 g/mol. The SMILES string of the molecule is NC(=O)N/N=C\c1ccc(OC(=O)c2cccc(Cl)c2)cc1. The lowest BCUT2D eigenvalue weighted by Crippen LogP contribution is -2.24. The minimum Gasteiger partial charge on any atom is -0.423 e. The van der Waals surface area contributed by atoms with Gasteiger partial charge in [-0.2, -0.15) is 5.10 Å². The third kappa shape index (κ3) is 4.60. The number of amides is 2. The highest BCUT2D eigenvalue weighted by molar-refractivity contribution is 6.30. The number of hydrogen-bond acceptors (Lipinski definition) is 4. The number of rotatable bonds is 4. The number of nitrogens with zero attached hydrogens (tertiary/aromatic N) is 1. The van der Waals surface area contributed by atoms with Gasteiger partial charge in [0.15, 0.2) is 0 Å². The maximum absolute atomic E-state index is 11.9. The molecule has 22 heavy (non-hydrogen) atoms. The summed E-state index contributed by atoms with van der Waals surface area (Å²) in [5, 5.41) is 4.08. The molecule has 112 valence electrons. The molecule has 0 heterocycles. The number of halogens is 1. The van der Waals surface area contributed by atoms with Crippen molar-refractivity contribution in [3.05, 3.63) is 64.7 Å². The molecule has 0 fully saturated rings. The van der Waals surface area contributed by atoms with Crippen molar-refractivity contribution in [2.75, 3.05) is 0 Å². The number of ether oxygens (including phenoxy) is 1. The highest BCUT2D eigenvalue weighted by Crippen LogP contribution is 2.16. The quantitative estimate of drug-likeness (QED) is 0.393. The van der Waals surface area contributed by atoms with Crippen molar-refractivity contribution < 1.29 is 14.3 Å². The van der Waals surface area contributed by atoms with Crippen LogP contribution in [0, 0.1) is 0 Å². The standard InChI is InChI=1S/C15H12ClN3O3/c16-12-3-1-2-11(8-12)14(20)22-13-6-4-10(5-7-13)9-18-19-15(17)21/h1-9H,(H3,17,19,21)/b18-9-. The number of urea groups is 1. The van der Waals surface area contributed by atoms with Gasteiger partial charge in [0.1, 0.15) is 5.75 Å². The van der Waals surface area contributed by atoms with E-state index in [1.54, 1.807) is 42.5 Å². The number of hydrogen-bond donors (Lipinski definition) is 2. The van der Waals surface area contributed by atoms with E-state index in [1.165, 1.54) is 12.3 Å². The second-order valence-electron chi connectivity index (χ2n) is 4.20. The molecule has 3 N–H and O–H groups in total. The molecule has 0 saturated carbocycles. The fourth-order valence-electron chi connectivity index (χ4n) is 1.57. The van der Waals surface area contributed by atoms with Gasteiger partial charge in [-0.3, -0.25) is 0 Å². The molecule has 6 nitrogen and oxygen atoms in total. The molecule has 0 spiro atoms. The number of benzene rings is 2. The molecule has 2 aromatic rings. The Bertz CT molecular complexity index is 714. The Morgan fingerprint density at radius 1 is 1.18 bits per heavy atom. The van der Waals surface area contributed by atoms with E-state index < -0.39 is 12.0 Å². The number of nitrogens with one attached hydrogen (secondary N) is 1. The topological polar surface area (TPSA) is 93.8 Å². The lowest BCUT2D eigenvalue weighted by Gasteiger charge is -2.04. The first-order chi connectivity index (χ1) is 10.5. The number of carbonyl (C=O) groups excluding carboxylic acids is 2. The summed E-state index contributed by atoms with van der Waals surface area (Å²) in [6.07, 6.45) is 1.41. The Morgan fingerprint density at radius 2 is 1.91 bits per heavy atom. The molecule has 0 radical (unpaired) electrons. The molecular formula is C15H12ClN3O3. The molecule has 0 saturated heterocycles. The van der Waals surface area contributed by atoms with E-state index in [1.807, 2.05) is 0 Å². The third-order valence-electron chi connectivity index (χ3n) is 2.54. The predicted molar refractivity (Wildman–Crippen MR) is 83.2 cm³/mol. The molecule has 0 aliphatic carbocycles. The second kappa shape index (κ2) is 7.24. The first-order valence-electron chi connectivity index (χ1n) is 6.21. The van der Waals surface area contributed by atoms with Gasteiger partial charge in [-0.15, -0.1) is 0 Å². The maximum Gasteiger partial charge on any atom is 0.343 e. The van der Waals surface area contributed by atoms with E-state index in [4.69, 9.17) is 22.1 Å². The lowest BCUT2D eigenvalue weighted by atomic mass is 10.2. The van der Waals surface area contributed by atoms with Gasteiger partial charge in [0, 0.05) is 5.02 Å². The number of hydrazone groups is 1. The molecule has 7 heteroatoms. The molecule has 0 unspecified atom stereocenters. The summed E-state index contributed by atoms with van der Waals surface area (Å²) in [6.45, 7) is 0. The normalized spacial score (nSPS) is 10.4.